The van der Waals surface area contributed by atoms with Crippen LogP contribution in [0.2, 0.25) is 0 Å². The number of benzene rings is 1. The standard InChI is InChI=1S/C17H27N3S.HI/c1-17(2,21-4)13-19-16(18-3)20-11-10-15(12-20)14-8-6-5-7-9-14;/h5-9,15H,10-13H2,1-4H3,(H,18,19);1H. The topological polar surface area (TPSA) is 27.6 Å². The number of nitrogens with one attached hydrogen (secondary N) is 1. The molecule has 0 bridgehead atoms. The Morgan fingerprint density at radius 2 is 2.05 bits per heavy atom. The molecule has 1 atom stereocenters. The van der Waals surface area contributed by atoms with Crippen LogP contribution in [-0.4, -0.2) is 48.5 Å². The average molecular weight is 433 g/mol. The Kier molecular flexibility index (Phi) is 8.03. The van der Waals surface area contributed by atoms with Crippen molar-refractivity contribution in [2.45, 2.75) is 30.9 Å². The van der Waals surface area contributed by atoms with E-state index in [1.54, 1.807) is 0 Å². The van der Waals surface area contributed by atoms with Gasteiger partial charge >= 0.3 is 0 Å². The molecule has 1 aromatic carbocycles. The molecule has 1 aliphatic heterocycles. The van der Waals surface area contributed by atoms with Crippen molar-refractivity contribution in [1.82, 2.24) is 10.2 Å². The molecule has 1 unspecified atom stereocenters. The van der Waals surface area contributed by atoms with Gasteiger partial charge in [-0.25, -0.2) is 0 Å². The van der Waals surface area contributed by atoms with Gasteiger partial charge in [-0.2, -0.15) is 11.8 Å². The minimum Gasteiger partial charge on any atom is -0.355 e. The molecule has 2 rings (SSSR count). The summed E-state index contributed by atoms with van der Waals surface area (Å²) in [7, 11) is 1.88. The molecule has 0 spiro atoms. The number of nitrogens with zero attached hydrogens (tertiary/aromatic N) is 2. The predicted octanol–water partition coefficient (Wildman–Crippen LogP) is 3.81. The maximum atomic E-state index is 4.46. The lowest BCUT2D eigenvalue weighted by Crippen LogP contribution is -2.44. The normalized spacial score (nSPS) is 19.0. The molecular weight excluding hydrogens is 405 g/mol. The number of thioether (sulfide) groups is 1. The number of rotatable bonds is 4. The Morgan fingerprint density at radius 3 is 2.64 bits per heavy atom. The molecule has 1 saturated heterocycles. The Morgan fingerprint density at radius 1 is 1.36 bits per heavy atom. The molecule has 1 heterocycles. The van der Waals surface area contributed by atoms with Crippen molar-refractivity contribution in [3.05, 3.63) is 35.9 Å². The molecule has 1 aromatic rings. The number of guanidine groups is 1. The molecule has 0 saturated carbocycles. The summed E-state index contributed by atoms with van der Waals surface area (Å²) in [4.78, 5) is 6.84. The largest absolute Gasteiger partial charge is 0.355 e. The third-order valence-corrected chi connectivity index (χ3v) is 5.44. The molecule has 1 aliphatic rings. The lowest BCUT2D eigenvalue weighted by molar-refractivity contribution is 0.480. The maximum Gasteiger partial charge on any atom is 0.193 e. The van der Waals surface area contributed by atoms with Gasteiger partial charge in [-0.1, -0.05) is 30.3 Å². The first-order chi connectivity index (χ1) is 10.1. The molecule has 1 fully saturated rings. The van der Waals surface area contributed by atoms with Crippen molar-refractivity contribution in [3.8, 4) is 0 Å². The molecule has 0 radical (unpaired) electrons. The summed E-state index contributed by atoms with van der Waals surface area (Å²) >= 11 is 1.88. The summed E-state index contributed by atoms with van der Waals surface area (Å²) in [5.74, 6) is 1.66. The lowest BCUT2D eigenvalue weighted by atomic mass is 9.99. The highest BCUT2D eigenvalue weighted by Gasteiger charge is 2.26. The first-order valence-corrected chi connectivity index (χ1v) is 8.84. The average Bonchev–Trinajstić information content (AvgIpc) is 2.98. The molecule has 0 aliphatic carbocycles. The summed E-state index contributed by atoms with van der Waals surface area (Å²) in [5, 5.41) is 3.53. The highest BCUT2D eigenvalue weighted by Crippen LogP contribution is 2.27. The van der Waals surface area contributed by atoms with Crippen LogP contribution in [0.25, 0.3) is 0 Å². The highest BCUT2D eigenvalue weighted by molar-refractivity contribution is 14.0. The minimum absolute atomic E-state index is 0. The molecule has 0 aromatic heterocycles. The second-order valence-electron chi connectivity index (χ2n) is 6.21. The summed E-state index contributed by atoms with van der Waals surface area (Å²) < 4.78 is 0.231. The maximum absolute atomic E-state index is 4.46. The van der Waals surface area contributed by atoms with Crippen molar-refractivity contribution in [3.63, 3.8) is 0 Å². The van der Waals surface area contributed by atoms with Crippen LogP contribution in [0.5, 0.6) is 0 Å². The molecule has 22 heavy (non-hydrogen) atoms. The number of aliphatic imine (C=N–C) groups is 1. The van der Waals surface area contributed by atoms with Gasteiger partial charge in [0.15, 0.2) is 5.96 Å². The molecule has 3 nitrogen and oxygen atoms in total. The fraction of sp³-hybridized carbons (Fsp3) is 0.588. The SMILES string of the molecule is CN=C(NCC(C)(C)SC)N1CCC(c2ccccc2)C1.I. The molecule has 124 valence electrons. The number of hydrogen-bond donors (Lipinski definition) is 1. The van der Waals surface area contributed by atoms with Crippen molar-refractivity contribution in [1.29, 1.82) is 0 Å². The van der Waals surface area contributed by atoms with E-state index in [1.807, 2.05) is 18.8 Å². The first-order valence-electron chi connectivity index (χ1n) is 7.61. The zero-order valence-electron chi connectivity index (χ0n) is 14.0. The van der Waals surface area contributed by atoms with E-state index in [1.165, 1.54) is 12.0 Å². The van der Waals surface area contributed by atoms with Crippen LogP contribution in [0.1, 0.15) is 31.7 Å². The second kappa shape index (κ2) is 9.01. The summed E-state index contributed by atoms with van der Waals surface area (Å²) in [5.41, 5.74) is 1.44. The Hall–Kier alpha value is -0.430. The number of hydrogen-bond acceptors (Lipinski definition) is 2. The predicted molar refractivity (Wildman–Crippen MR) is 110 cm³/mol. The van der Waals surface area contributed by atoms with Gasteiger partial charge in [-0.15, -0.1) is 24.0 Å². The molecular formula is C17H28IN3S. The van der Waals surface area contributed by atoms with Gasteiger partial charge in [0.1, 0.15) is 0 Å². The van der Waals surface area contributed by atoms with Crippen LogP contribution < -0.4 is 5.32 Å². The van der Waals surface area contributed by atoms with Gasteiger partial charge in [0.05, 0.1) is 0 Å². The monoisotopic (exact) mass is 433 g/mol. The smallest absolute Gasteiger partial charge is 0.193 e. The van der Waals surface area contributed by atoms with E-state index in [2.05, 4.69) is 65.6 Å². The van der Waals surface area contributed by atoms with Gasteiger partial charge in [0, 0.05) is 37.3 Å². The quantitative estimate of drug-likeness (QED) is 0.445. The minimum atomic E-state index is 0. The zero-order chi connectivity index (χ0) is 15.3. The van der Waals surface area contributed by atoms with E-state index in [0.717, 1.165) is 25.6 Å². The molecule has 0 amide bonds. The van der Waals surface area contributed by atoms with Crippen LogP contribution in [0.15, 0.2) is 35.3 Å². The Balaban J connectivity index is 0.00000242. The van der Waals surface area contributed by atoms with Crippen molar-refractivity contribution >= 4 is 41.7 Å². The fourth-order valence-electron chi connectivity index (χ4n) is 2.65. The van der Waals surface area contributed by atoms with Gasteiger partial charge in [-0.3, -0.25) is 4.99 Å². The fourth-order valence-corrected chi connectivity index (χ4v) is 2.86. The van der Waals surface area contributed by atoms with Crippen LogP contribution in [0, 0.1) is 0 Å². The van der Waals surface area contributed by atoms with Crippen LogP contribution in [0.3, 0.4) is 0 Å². The summed E-state index contributed by atoms with van der Waals surface area (Å²) in [6.45, 7) is 7.60. The van der Waals surface area contributed by atoms with E-state index < -0.39 is 0 Å². The van der Waals surface area contributed by atoms with Crippen molar-refractivity contribution in [2.24, 2.45) is 4.99 Å². The van der Waals surface area contributed by atoms with E-state index in [0.29, 0.717) is 5.92 Å². The van der Waals surface area contributed by atoms with Crippen molar-refractivity contribution < 1.29 is 0 Å². The number of likely N-dealkylation sites (tertiary alicyclic amines) is 1. The van der Waals surface area contributed by atoms with Gasteiger partial charge in [0.2, 0.25) is 0 Å². The summed E-state index contributed by atoms with van der Waals surface area (Å²) in [6.07, 6.45) is 3.36. The zero-order valence-corrected chi connectivity index (χ0v) is 17.2. The Bertz CT molecular complexity index is 476. The van der Waals surface area contributed by atoms with E-state index in [-0.39, 0.29) is 28.7 Å². The van der Waals surface area contributed by atoms with Crippen LogP contribution in [-0.2, 0) is 0 Å². The van der Waals surface area contributed by atoms with Crippen molar-refractivity contribution in [2.75, 3.05) is 32.9 Å². The van der Waals surface area contributed by atoms with Gasteiger partial charge in [-0.05, 0) is 32.1 Å². The van der Waals surface area contributed by atoms with Gasteiger partial charge in [0.25, 0.3) is 0 Å². The van der Waals surface area contributed by atoms with E-state index in [9.17, 15) is 0 Å². The van der Waals surface area contributed by atoms with Gasteiger partial charge < -0.3 is 10.2 Å². The second-order valence-corrected chi connectivity index (χ2v) is 7.72. The third-order valence-electron chi connectivity index (χ3n) is 4.20. The molecule has 1 N–H and O–H groups in total. The molecule has 5 heteroatoms. The lowest BCUT2D eigenvalue weighted by Gasteiger charge is -2.27. The summed E-state index contributed by atoms with van der Waals surface area (Å²) in [6, 6.07) is 10.8. The highest BCUT2D eigenvalue weighted by atomic mass is 127. The van der Waals surface area contributed by atoms with E-state index >= 15 is 0 Å². The number of halogens is 1. The van der Waals surface area contributed by atoms with Crippen LogP contribution >= 0.6 is 35.7 Å². The van der Waals surface area contributed by atoms with Crippen LogP contribution in [0.4, 0.5) is 0 Å². The van der Waals surface area contributed by atoms with E-state index in [4.69, 9.17) is 0 Å². The Labute approximate surface area is 156 Å². The first kappa shape index (κ1) is 19.6. The third kappa shape index (κ3) is 5.33.